The fourth-order valence-electron chi connectivity index (χ4n) is 3.84. The number of hydrogen-bond donors (Lipinski definition) is 1. The first-order chi connectivity index (χ1) is 13.5. The highest BCUT2D eigenvalue weighted by molar-refractivity contribution is 9.10. The molecule has 0 unspecified atom stereocenters. The Morgan fingerprint density at radius 2 is 1.82 bits per heavy atom. The summed E-state index contributed by atoms with van der Waals surface area (Å²) in [5.41, 5.74) is 9.25. The van der Waals surface area contributed by atoms with E-state index in [1.54, 1.807) is 11.1 Å². The highest BCUT2D eigenvalue weighted by atomic mass is 79.9. The fraction of sp³-hybridized carbons (Fsp3) is 0.190. The lowest BCUT2D eigenvalue weighted by Gasteiger charge is -2.39. The van der Waals surface area contributed by atoms with E-state index in [1.165, 1.54) is 0 Å². The van der Waals surface area contributed by atoms with Gasteiger partial charge in [-0.1, -0.05) is 28.1 Å². The van der Waals surface area contributed by atoms with Gasteiger partial charge in [-0.05, 0) is 58.6 Å². The molecule has 5 nitrogen and oxygen atoms in total. The Bertz CT molecular complexity index is 1050. The molecule has 1 aliphatic heterocycles. The molecule has 0 saturated carbocycles. The summed E-state index contributed by atoms with van der Waals surface area (Å²) in [7, 11) is 0. The number of carbonyl (C=O) groups is 1. The molecule has 2 aliphatic rings. The summed E-state index contributed by atoms with van der Waals surface area (Å²) in [5, 5.41) is 9.95. The molecule has 2 aromatic rings. The number of allylic oxidation sites excluding steroid dienone is 3. The van der Waals surface area contributed by atoms with Gasteiger partial charge in [0.05, 0.1) is 17.6 Å². The minimum atomic E-state index is -0.451. The highest BCUT2D eigenvalue weighted by Crippen LogP contribution is 2.46. The van der Waals surface area contributed by atoms with Gasteiger partial charge < -0.3 is 5.73 Å². The van der Waals surface area contributed by atoms with Crippen molar-refractivity contribution in [3.63, 3.8) is 0 Å². The maximum Gasteiger partial charge on any atom is 0.161 e. The summed E-state index contributed by atoms with van der Waals surface area (Å²) < 4.78 is 1.78. The average Bonchev–Trinajstić information content (AvgIpc) is 2.69. The molecule has 0 radical (unpaired) electrons. The van der Waals surface area contributed by atoms with E-state index < -0.39 is 5.92 Å². The summed E-state index contributed by atoms with van der Waals surface area (Å²) in [5.74, 6) is 0.549. The number of pyridine rings is 1. The minimum absolute atomic E-state index is 0.0662. The second kappa shape index (κ2) is 7.53. The monoisotopic (exact) mass is 498 g/mol. The van der Waals surface area contributed by atoms with Gasteiger partial charge in [0.2, 0.25) is 0 Å². The van der Waals surface area contributed by atoms with Crippen molar-refractivity contribution in [1.29, 1.82) is 5.26 Å². The van der Waals surface area contributed by atoms with Crippen LogP contribution in [0.5, 0.6) is 0 Å². The molecule has 28 heavy (non-hydrogen) atoms. The third kappa shape index (κ3) is 3.17. The van der Waals surface area contributed by atoms with Crippen molar-refractivity contribution in [3.8, 4) is 6.07 Å². The van der Waals surface area contributed by atoms with E-state index in [-0.39, 0.29) is 5.78 Å². The Labute approximate surface area is 179 Å². The standard InChI is InChI=1S/C21H16Br2N4O/c22-13-6-4-12(5-7-13)19-15(10-24)21(25)27(18-9-8-14(23)11-26-18)16-2-1-3-17(28)20(16)19/h4-9,11,19H,1-3,25H2/t19-/m0/s1. The lowest BCUT2D eigenvalue weighted by molar-refractivity contribution is -0.116. The van der Waals surface area contributed by atoms with Gasteiger partial charge in [-0.25, -0.2) is 4.98 Å². The summed E-state index contributed by atoms with van der Waals surface area (Å²) in [6.45, 7) is 0. The van der Waals surface area contributed by atoms with Crippen LogP contribution in [0.2, 0.25) is 0 Å². The van der Waals surface area contributed by atoms with Crippen molar-refractivity contribution in [3.05, 3.63) is 79.8 Å². The molecule has 140 valence electrons. The van der Waals surface area contributed by atoms with Crippen molar-refractivity contribution in [1.82, 2.24) is 4.98 Å². The van der Waals surface area contributed by atoms with Crippen LogP contribution in [0, 0.1) is 11.3 Å². The van der Waals surface area contributed by atoms with Crippen LogP contribution in [0.3, 0.4) is 0 Å². The quantitative estimate of drug-likeness (QED) is 0.634. The zero-order valence-electron chi connectivity index (χ0n) is 14.8. The van der Waals surface area contributed by atoms with E-state index in [0.29, 0.717) is 35.6 Å². The molecule has 0 spiro atoms. The first-order valence-corrected chi connectivity index (χ1v) is 10.4. The van der Waals surface area contributed by atoms with Crippen molar-refractivity contribution in [2.24, 2.45) is 5.73 Å². The molecule has 1 atom stereocenters. The van der Waals surface area contributed by atoms with Crippen LogP contribution in [-0.4, -0.2) is 10.8 Å². The minimum Gasteiger partial charge on any atom is -0.384 e. The normalized spacial score (nSPS) is 19.5. The molecule has 1 aromatic carbocycles. The number of carbonyl (C=O) groups excluding carboxylic acids is 1. The molecule has 0 fully saturated rings. The lowest BCUT2D eigenvalue weighted by atomic mass is 9.75. The maximum absolute atomic E-state index is 13.0. The molecule has 1 aliphatic carbocycles. The maximum atomic E-state index is 13.0. The number of Topliss-reactive ketones (excluding diaryl/α,β-unsaturated/α-hetero) is 1. The van der Waals surface area contributed by atoms with Gasteiger partial charge in [0, 0.05) is 32.8 Å². The number of anilines is 1. The van der Waals surface area contributed by atoms with Crippen molar-refractivity contribution < 1.29 is 4.79 Å². The molecular weight excluding hydrogens is 484 g/mol. The van der Waals surface area contributed by atoms with Crippen LogP contribution in [0.4, 0.5) is 5.82 Å². The molecule has 0 amide bonds. The summed E-state index contributed by atoms with van der Waals surface area (Å²) in [6, 6.07) is 13.6. The second-order valence-corrected chi connectivity index (χ2v) is 8.53. The van der Waals surface area contributed by atoms with E-state index >= 15 is 0 Å². The van der Waals surface area contributed by atoms with Crippen LogP contribution in [0.1, 0.15) is 30.7 Å². The SMILES string of the molecule is N#CC1=C(N)N(c2ccc(Br)cn2)C2=C(C(=O)CCC2)[C@H]1c1ccc(Br)cc1. The van der Waals surface area contributed by atoms with Crippen LogP contribution >= 0.6 is 31.9 Å². The number of ketones is 1. The number of nitriles is 1. The van der Waals surface area contributed by atoms with Crippen LogP contribution in [-0.2, 0) is 4.79 Å². The highest BCUT2D eigenvalue weighted by Gasteiger charge is 2.40. The Balaban J connectivity index is 1.95. The predicted octanol–water partition coefficient (Wildman–Crippen LogP) is 4.91. The van der Waals surface area contributed by atoms with E-state index in [0.717, 1.165) is 26.6 Å². The van der Waals surface area contributed by atoms with Crippen molar-refractivity contribution in [2.75, 3.05) is 4.90 Å². The Morgan fingerprint density at radius 1 is 1.11 bits per heavy atom. The van der Waals surface area contributed by atoms with Gasteiger partial charge in [0.1, 0.15) is 11.6 Å². The summed E-state index contributed by atoms with van der Waals surface area (Å²) >= 11 is 6.83. The first-order valence-electron chi connectivity index (χ1n) is 8.84. The molecule has 0 bridgehead atoms. The fourth-order valence-corrected chi connectivity index (χ4v) is 4.34. The largest absolute Gasteiger partial charge is 0.384 e. The molecule has 2 heterocycles. The van der Waals surface area contributed by atoms with Gasteiger partial charge in [-0.3, -0.25) is 9.69 Å². The second-order valence-electron chi connectivity index (χ2n) is 6.70. The predicted molar refractivity (Wildman–Crippen MR) is 114 cm³/mol. The molecule has 0 saturated heterocycles. The molecule has 1 aromatic heterocycles. The first kappa shape index (κ1) is 18.9. The number of hydrogen-bond acceptors (Lipinski definition) is 5. The Hall–Kier alpha value is -2.43. The van der Waals surface area contributed by atoms with Gasteiger partial charge in [-0.2, -0.15) is 5.26 Å². The molecule has 2 N–H and O–H groups in total. The van der Waals surface area contributed by atoms with Crippen LogP contribution in [0.15, 0.2) is 74.2 Å². The number of halogens is 2. The van der Waals surface area contributed by atoms with Crippen molar-refractivity contribution >= 4 is 43.5 Å². The zero-order chi connectivity index (χ0) is 19.8. The van der Waals surface area contributed by atoms with Gasteiger partial charge in [0.15, 0.2) is 5.78 Å². The Kier molecular flexibility index (Phi) is 5.09. The molecular formula is C21H16Br2N4O. The van der Waals surface area contributed by atoms with Gasteiger partial charge in [-0.15, -0.1) is 0 Å². The average molecular weight is 500 g/mol. The van der Waals surface area contributed by atoms with Gasteiger partial charge in [0.25, 0.3) is 0 Å². The van der Waals surface area contributed by atoms with E-state index in [2.05, 4.69) is 42.9 Å². The number of nitrogens with zero attached hydrogens (tertiary/aromatic N) is 3. The lowest BCUT2D eigenvalue weighted by Crippen LogP contribution is -2.39. The number of aromatic nitrogens is 1. The molecule has 4 rings (SSSR count). The van der Waals surface area contributed by atoms with E-state index in [4.69, 9.17) is 5.73 Å². The van der Waals surface area contributed by atoms with Gasteiger partial charge >= 0.3 is 0 Å². The van der Waals surface area contributed by atoms with E-state index in [9.17, 15) is 10.1 Å². The van der Waals surface area contributed by atoms with Crippen LogP contribution < -0.4 is 10.6 Å². The van der Waals surface area contributed by atoms with Crippen molar-refractivity contribution in [2.45, 2.75) is 25.2 Å². The van der Waals surface area contributed by atoms with E-state index in [1.807, 2.05) is 36.4 Å². The zero-order valence-corrected chi connectivity index (χ0v) is 18.0. The summed E-state index contributed by atoms with van der Waals surface area (Å²) in [4.78, 5) is 19.2. The summed E-state index contributed by atoms with van der Waals surface area (Å²) in [6.07, 6.45) is 3.63. The molecule has 7 heteroatoms. The smallest absolute Gasteiger partial charge is 0.161 e. The third-order valence-corrected chi connectivity index (χ3v) is 6.06. The number of nitrogens with two attached hydrogens (primary N) is 1. The number of benzene rings is 1. The van der Waals surface area contributed by atoms with Crippen LogP contribution in [0.25, 0.3) is 0 Å². The topological polar surface area (TPSA) is 83.0 Å². The Morgan fingerprint density at radius 3 is 2.46 bits per heavy atom. The number of rotatable bonds is 2. The third-order valence-electron chi connectivity index (χ3n) is 5.06.